The first kappa shape index (κ1) is 8.52. The Morgan fingerprint density at radius 2 is 2.00 bits per heavy atom. The first-order valence-electron chi connectivity index (χ1n) is 5.17. The predicted molar refractivity (Wildman–Crippen MR) is 48.7 cm³/mol. The molecule has 2 N–H and O–H groups in total. The summed E-state index contributed by atoms with van der Waals surface area (Å²) in [5, 5.41) is 13.2. The fraction of sp³-hybridized carbons (Fsp3) is 1.00. The van der Waals surface area contributed by atoms with Crippen LogP contribution in [0.3, 0.4) is 0 Å². The van der Waals surface area contributed by atoms with E-state index in [9.17, 15) is 5.11 Å². The van der Waals surface area contributed by atoms with Gasteiger partial charge in [-0.2, -0.15) is 0 Å². The maximum atomic E-state index is 9.80. The van der Waals surface area contributed by atoms with Crippen LogP contribution in [0.25, 0.3) is 0 Å². The summed E-state index contributed by atoms with van der Waals surface area (Å²) in [6.45, 7) is 1.90. The Morgan fingerprint density at radius 3 is 2.83 bits per heavy atom. The minimum atomic E-state index is -0.585. The lowest BCUT2D eigenvalue weighted by Crippen LogP contribution is -2.55. The van der Waals surface area contributed by atoms with Crippen molar-refractivity contribution in [1.82, 2.24) is 5.32 Å². The lowest BCUT2D eigenvalue weighted by atomic mass is 9.77. The van der Waals surface area contributed by atoms with Crippen molar-refractivity contribution in [3.05, 3.63) is 0 Å². The van der Waals surface area contributed by atoms with Gasteiger partial charge in [-0.1, -0.05) is 12.8 Å². The van der Waals surface area contributed by atoms with Crippen molar-refractivity contribution in [1.29, 1.82) is 0 Å². The van der Waals surface area contributed by atoms with Gasteiger partial charge in [0.15, 0.2) is 0 Å². The first-order valence-corrected chi connectivity index (χ1v) is 5.17. The molecule has 12 heavy (non-hydrogen) atoms. The van der Waals surface area contributed by atoms with Crippen LogP contribution in [-0.4, -0.2) is 16.9 Å². The molecule has 3 atom stereocenters. The molecule has 1 aliphatic heterocycles. The zero-order valence-electron chi connectivity index (χ0n) is 7.84. The fourth-order valence-corrected chi connectivity index (χ4v) is 2.68. The summed E-state index contributed by atoms with van der Waals surface area (Å²) in [7, 11) is 0. The molecule has 3 unspecified atom stereocenters. The van der Waals surface area contributed by atoms with Gasteiger partial charge < -0.3 is 5.11 Å². The highest BCUT2D eigenvalue weighted by Gasteiger charge is 2.36. The number of aliphatic hydroxyl groups is 1. The van der Waals surface area contributed by atoms with Gasteiger partial charge in [-0.05, 0) is 38.5 Å². The Bertz CT molecular complexity index is 167. The highest BCUT2D eigenvalue weighted by Crippen LogP contribution is 2.34. The summed E-state index contributed by atoms with van der Waals surface area (Å²) < 4.78 is 0. The van der Waals surface area contributed by atoms with Crippen molar-refractivity contribution in [3.63, 3.8) is 0 Å². The summed E-state index contributed by atoms with van der Waals surface area (Å²) in [6.07, 6.45) is 7.50. The topological polar surface area (TPSA) is 32.3 Å². The molecular weight excluding hydrogens is 150 g/mol. The van der Waals surface area contributed by atoms with Crippen molar-refractivity contribution in [2.45, 2.75) is 57.2 Å². The second-order valence-corrected chi connectivity index (χ2v) is 4.61. The van der Waals surface area contributed by atoms with Crippen molar-refractivity contribution < 1.29 is 5.11 Å². The molecule has 2 aliphatic rings. The Kier molecular flexibility index (Phi) is 2.13. The van der Waals surface area contributed by atoms with Crippen LogP contribution in [0.1, 0.15) is 45.4 Å². The summed E-state index contributed by atoms with van der Waals surface area (Å²) in [5.41, 5.74) is -0.585. The van der Waals surface area contributed by atoms with E-state index in [0.717, 1.165) is 12.3 Å². The quantitative estimate of drug-likeness (QED) is 0.577. The van der Waals surface area contributed by atoms with Crippen LogP contribution < -0.4 is 5.32 Å². The maximum Gasteiger partial charge on any atom is 0.113 e. The van der Waals surface area contributed by atoms with E-state index < -0.39 is 5.72 Å². The Labute approximate surface area is 74.4 Å². The molecule has 0 aromatic heterocycles. The molecule has 1 saturated carbocycles. The molecular formula is C10H19NO. The van der Waals surface area contributed by atoms with Crippen molar-refractivity contribution >= 4 is 0 Å². The van der Waals surface area contributed by atoms with Crippen LogP contribution >= 0.6 is 0 Å². The second kappa shape index (κ2) is 3.00. The predicted octanol–water partition coefficient (Wildman–Crippen LogP) is 1.64. The minimum absolute atomic E-state index is 0.585. The number of nitrogens with one attached hydrogen (secondary N) is 1. The first-order chi connectivity index (χ1) is 5.67. The molecule has 0 bridgehead atoms. The van der Waals surface area contributed by atoms with Crippen molar-refractivity contribution in [3.8, 4) is 0 Å². The Balaban J connectivity index is 1.99. The van der Waals surface area contributed by atoms with E-state index in [2.05, 4.69) is 5.32 Å². The third-order valence-corrected chi connectivity index (χ3v) is 3.41. The molecule has 2 rings (SSSR count). The molecule has 70 valence electrons. The number of hydrogen-bond acceptors (Lipinski definition) is 2. The van der Waals surface area contributed by atoms with Crippen LogP contribution in [0, 0.1) is 5.92 Å². The normalized spacial score (nSPS) is 48.5. The zero-order chi connectivity index (χ0) is 8.60. The van der Waals surface area contributed by atoms with Crippen LogP contribution in [0.2, 0.25) is 0 Å². The van der Waals surface area contributed by atoms with Crippen LogP contribution in [-0.2, 0) is 0 Å². The maximum absolute atomic E-state index is 9.80. The minimum Gasteiger partial charge on any atom is -0.376 e. The fourth-order valence-electron chi connectivity index (χ4n) is 2.68. The molecule has 0 aromatic carbocycles. The summed E-state index contributed by atoms with van der Waals surface area (Å²) in [5.74, 6) is 0.846. The molecule has 0 aromatic rings. The molecule has 0 amide bonds. The van der Waals surface area contributed by atoms with Gasteiger partial charge in [0.05, 0.1) is 0 Å². The van der Waals surface area contributed by atoms with E-state index in [1.165, 1.54) is 32.1 Å². The number of hydrogen-bond donors (Lipinski definition) is 2. The lowest BCUT2D eigenvalue weighted by Gasteiger charge is -2.43. The van der Waals surface area contributed by atoms with Gasteiger partial charge in [-0.15, -0.1) is 0 Å². The summed E-state index contributed by atoms with van der Waals surface area (Å²) in [6, 6.07) is 0.600. The molecule has 1 heterocycles. The monoisotopic (exact) mass is 169 g/mol. The van der Waals surface area contributed by atoms with E-state index in [-0.39, 0.29) is 0 Å². The van der Waals surface area contributed by atoms with Gasteiger partial charge >= 0.3 is 0 Å². The van der Waals surface area contributed by atoms with E-state index in [1.54, 1.807) is 0 Å². The number of piperidine rings is 1. The second-order valence-electron chi connectivity index (χ2n) is 4.61. The molecule has 0 radical (unpaired) electrons. The summed E-state index contributed by atoms with van der Waals surface area (Å²) in [4.78, 5) is 0. The average molecular weight is 169 g/mol. The highest BCUT2D eigenvalue weighted by molar-refractivity contribution is 4.90. The van der Waals surface area contributed by atoms with Crippen LogP contribution in [0.5, 0.6) is 0 Å². The summed E-state index contributed by atoms with van der Waals surface area (Å²) >= 11 is 0. The van der Waals surface area contributed by atoms with Crippen molar-refractivity contribution in [2.75, 3.05) is 0 Å². The smallest absolute Gasteiger partial charge is 0.113 e. The number of rotatable bonds is 0. The van der Waals surface area contributed by atoms with Gasteiger partial charge in [0.2, 0.25) is 0 Å². The largest absolute Gasteiger partial charge is 0.376 e. The van der Waals surface area contributed by atoms with Gasteiger partial charge in [0.1, 0.15) is 5.72 Å². The van der Waals surface area contributed by atoms with Crippen molar-refractivity contribution in [2.24, 2.45) is 5.92 Å². The van der Waals surface area contributed by atoms with E-state index >= 15 is 0 Å². The highest BCUT2D eigenvalue weighted by atomic mass is 16.3. The van der Waals surface area contributed by atoms with Gasteiger partial charge in [-0.3, -0.25) is 5.32 Å². The molecule has 1 saturated heterocycles. The molecule has 1 aliphatic carbocycles. The Hall–Kier alpha value is -0.0800. The molecule has 2 heteroatoms. The lowest BCUT2D eigenvalue weighted by molar-refractivity contribution is -0.0425. The van der Waals surface area contributed by atoms with Crippen LogP contribution in [0.15, 0.2) is 0 Å². The van der Waals surface area contributed by atoms with Gasteiger partial charge in [0.25, 0.3) is 0 Å². The standard InChI is InChI=1S/C10H19NO/c1-10(12)7-6-8-4-2-3-5-9(8)11-10/h8-9,11-12H,2-7H2,1H3. The number of fused-ring (bicyclic) bond motifs is 1. The van der Waals surface area contributed by atoms with Gasteiger partial charge in [0, 0.05) is 6.04 Å². The van der Waals surface area contributed by atoms with Gasteiger partial charge in [-0.25, -0.2) is 0 Å². The molecule has 0 spiro atoms. The molecule has 2 fully saturated rings. The SMILES string of the molecule is CC1(O)CCC2CCCCC2N1. The van der Waals surface area contributed by atoms with E-state index in [0.29, 0.717) is 6.04 Å². The third-order valence-electron chi connectivity index (χ3n) is 3.41. The third kappa shape index (κ3) is 1.64. The van der Waals surface area contributed by atoms with Crippen LogP contribution in [0.4, 0.5) is 0 Å². The zero-order valence-corrected chi connectivity index (χ0v) is 7.84. The van der Waals surface area contributed by atoms with E-state index in [4.69, 9.17) is 0 Å². The van der Waals surface area contributed by atoms with E-state index in [1.807, 2.05) is 6.92 Å². The average Bonchev–Trinajstić information content (AvgIpc) is 2.02. The molecule has 2 nitrogen and oxygen atoms in total. The Morgan fingerprint density at radius 1 is 1.25 bits per heavy atom.